The monoisotopic (exact) mass is 492 g/mol. The first-order valence-electron chi connectivity index (χ1n) is 9.81. The molecule has 1 unspecified atom stereocenters. The van der Waals surface area contributed by atoms with Gasteiger partial charge in [0.15, 0.2) is 5.60 Å². The van der Waals surface area contributed by atoms with Crippen molar-refractivity contribution < 1.29 is 27.1 Å². The molecule has 0 fully saturated rings. The third-order valence-electron chi connectivity index (χ3n) is 4.51. The summed E-state index contributed by atoms with van der Waals surface area (Å²) in [5.74, 6) is 8.46. The summed E-state index contributed by atoms with van der Waals surface area (Å²) in [5, 5.41) is 14.7. The molecule has 1 atom stereocenters. The number of hydrazone groups is 1. The lowest BCUT2D eigenvalue weighted by molar-refractivity contribution is -0.150. The fourth-order valence-electron chi connectivity index (χ4n) is 2.93. The van der Waals surface area contributed by atoms with E-state index in [-0.39, 0.29) is 12.1 Å². The maximum atomic E-state index is 15.7. The molecule has 12 heteroatoms. The third-order valence-corrected chi connectivity index (χ3v) is 4.51. The average Bonchev–Trinajstić information content (AvgIpc) is 2.79. The van der Waals surface area contributed by atoms with Crippen LogP contribution in [0.25, 0.3) is 0 Å². The highest BCUT2D eigenvalue weighted by molar-refractivity contribution is 6.02. The fraction of sp³-hybridized carbons (Fsp3) is 0.174. The van der Waals surface area contributed by atoms with Crippen molar-refractivity contribution in [1.82, 2.24) is 9.99 Å². The summed E-state index contributed by atoms with van der Waals surface area (Å²) < 4.78 is 72.3. The second-order valence-corrected chi connectivity index (χ2v) is 6.96. The number of aromatic nitrogens is 1. The number of alkyl halides is 2. The van der Waals surface area contributed by atoms with Crippen molar-refractivity contribution in [3.05, 3.63) is 90.2 Å². The molecule has 2 rings (SSSR count). The molecule has 2 aromatic rings. The van der Waals surface area contributed by atoms with Gasteiger partial charge < -0.3 is 10.9 Å². The molecule has 184 valence electrons. The maximum Gasteiger partial charge on any atom is 0.323 e. The zero-order chi connectivity index (χ0) is 26.1. The highest BCUT2D eigenvalue weighted by Crippen LogP contribution is 2.41. The molecule has 0 aliphatic heterocycles. The van der Waals surface area contributed by atoms with Gasteiger partial charge in [-0.1, -0.05) is 18.6 Å². The molecule has 5 N–H and O–H groups in total. The van der Waals surface area contributed by atoms with Crippen LogP contribution in [-0.4, -0.2) is 39.6 Å². The first-order chi connectivity index (χ1) is 16.5. The van der Waals surface area contributed by atoms with Crippen molar-refractivity contribution in [3.63, 3.8) is 0 Å². The van der Waals surface area contributed by atoms with E-state index in [1.54, 1.807) is 0 Å². The molecule has 0 aliphatic rings. The molecule has 1 heterocycles. The van der Waals surface area contributed by atoms with Crippen LogP contribution in [0.5, 0.6) is 0 Å². The van der Waals surface area contributed by atoms with Crippen LogP contribution in [0.3, 0.4) is 0 Å². The van der Waals surface area contributed by atoms with Gasteiger partial charge in [0, 0.05) is 24.3 Å². The van der Waals surface area contributed by atoms with Crippen LogP contribution >= 0.6 is 0 Å². The number of nitrogens with two attached hydrogens (primary N) is 2. The van der Waals surface area contributed by atoms with Crippen molar-refractivity contribution in [3.8, 4) is 11.8 Å². The molecule has 0 spiro atoms. The summed E-state index contributed by atoms with van der Waals surface area (Å²) >= 11 is 0. The number of hydrogen-bond donors (Lipinski definition) is 3. The Morgan fingerprint density at radius 3 is 2.51 bits per heavy atom. The fourth-order valence-corrected chi connectivity index (χ4v) is 2.93. The van der Waals surface area contributed by atoms with Crippen LogP contribution in [0, 0.1) is 29.3 Å². The standard InChI is InChI=1S/C23H21F5N6O/c1-2-31-21(7-5-3-4-6-18-10-8-17(25)13-32-18)23(27,28)22(35,14-34(30)15-33-29)19-11-9-16(24)12-20(19)26/h2,5,7-13,15,35H,1,3,14,29-30H2/b7-5-,31-21?,33-15-. The molecule has 1 aromatic heterocycles. The van der Waals surface area contributed by atoms with E-state index >= 15 is 8.78 Å². The van der Waals surface area contributed by atoms with Gasteiger partial charge in [-0.05, 0) is 36.3 Å². The lowest BCUT2D eigenvalue weighted by atomic mass is 9.83. The van der Waals surface area contributed by atoms with E-state index in [9.17, 15) is 18.3 Å². The van der Waals surface area contributed by atoms with Gasteiger partial charge in [-0.25, -0.2) is 24.0 Å². The zero-order valence-electron chi connectivity index (χ0n) is 18.2. The first-order valence-corrected chi connectivity index (χ1v) is 9.81. The lowest BCUT2D eigenvalue weighted by Crippen LogP contribution is -2.58. The van der Waals surface area contributed by atoms with E-state index in [4.69, 9.17) is 11.7 Å². The second-order valence-electron chi connectivity index (χ2n) is 6.96. The third kappa shape index (κ3) is 6.72. The number of allylic oxidation sites excluding steroid dienone is 2. The molecule has 35 heavy (non-hydrogen) atoms. The quantitative estimate of drug-likeness (QED) is 0.124. The Labute approximate surface area is 197 Å². The molecule has 0 aliphatic carbocycles. The van der Waals surface area contributed by atoms with Crippen LogP contribution < -0.4 is 11.7 Å². The van der Waals surface area contributed by atoms with Crippen LogP contribution in [0.1, 0.15) is 17.7 Å². The van der Waals surface area contributed by atoms with E-state index in [2.05, 4.69) is 33.5 Å². The topological polar surface area (TPSA) is 113 Å². The predicted octanol–water partition coefficient (Wildman–Crippen LogP) is 2.98. The van der Waals surface area contributed by atoms with Crippen molar-refractivity contribution >= 4 is 12.1 Å². The number of hydrogen-bond acceptors (Lipinski definition) is 6. The largest absolute Gasteiger partial charge is 0.377 e. The first kappa shape index (κ1) is 27.2. The van der Waals surface area contributed by atoms with Gasteiger partial charge in [0.1, 0.15) is 35.2 Å². The van der Waals surface area contributed by atoms with Gasteiger partial charge in [-0.15, -0.1) is 0 Å². The Kier molecular flexibility index (Phi) is 9.21. The minimum Gasteiger partial charge on any atom is -0.377 e. The Morgan fingerprint density at radius 1 is 1.20 bits per heavy atom. The van der Waals surface area contributed by atoms with E-state index in [0.29, 0.717) is 23.2 Å². The summed E-state index contributed by atoms with van der Waals surface area (Å²) in [6.45, 7) is 2.17. The lowest BCUT2D eigenvalue weighted by Gasteiger charge is -2.38. The summed E-state index contributed by atoms with van der Waals surface area (Å²) in [7, 11) is 0. The van der Waals surface area contributed by atoms with Crippen molar-refractivity contribution in [2.24, 2.45) is 21.8 Å². The molecule has 7 nitrogen and oxygen atoms in total. The number of nitrogens with zero attached hydrogens (tertiary/aromatic N) is 4. The van der Waals surface area contributed by atoms with Crippen LogP contribution in [0.4, 0.5) is 22.0 Å². The number of aliphatic hydroxyl groups is 1. The molecule has 0 saturated heterocycles. The van der Waals surface area contributed by atoms with Crippen molar-refractivity contribution in [1.29, 1.82) is 0 Å². The number of hydrazine groups is 1. The number of halogens is 5. The molecular formula is C23H21F5N6O. The Hall–Kier alpha value is -4.08. The molecule has 0 saturated carbocycles. The number of pyridine rings is 1. The van der Waals surface area contributed by atoms with Gasteiger partial charge >= 0.3 is 5.92 Å². The van der Waals surface area contributed by atoms with Crippen LogP contribution in [-0.2, 0) is 5.60 Å². The van der Waals surface area contributed by atoms with Crippen LogP contribution in [0.15, 0.2) is 71.6 Å². The van der Waals surface area contributed by atoms with Gasteiger partial charge in [0.25, 0.3) is 0 Å². The Morgan fingerprint density at radius 2 is 1.91 bits per heavy atom. The zero-order valence-corrected chi connectivity index (χ0v) is 18.2. The molecular weight excluding hydrogens is 471 g/mol. The molecule has 0 amide bonds. The minimum atomic E-state index is -4.29. The number of aliphatic imine (C=N–C) groups is 1. The smallest absolute Gasteiger partial charge is 0.323 e. The van der Waals surface area contributed by atoms with E-state index < -0.39 is 46.8 Å². The van der Waals surface area contributed by atoms with E-state index in [0.717, 1.165) is 30.9 Å². The Balaban J connectivity index is 2.43. The predicted molar refractivity (Wildman–Crippen MR) is 121 cm³/mol. The summed E-state index contributed by atoms with van der Waals surface area (Å²) in [6.07, 6.45) is 4.50. The molecule has 0 bridgehead atoms. The summed E-state index contributed by atoms with van der Waals surface area (Å²) in [4.78, 5) is 7.26. The van der Waals surface area contributed by atoms with Gasteiger partial charge in [0.2, 0.25) is 0 Å². The van der Waals surface area contributed by atoms with E-state index in [1.165, 1.54) is 12.1 Å². The maximum absolute atomic E-state index is 15.7. The highest BCUT2D eigenvalue weighted by Gasteiger charge is 2.58. The average molecular weight is 492 g/mol. The van der Waals surface area contributed by atoms with Crippen LogP contribution in [0.2, 0.25) is 0 Å². The van der Waals surface area contributed by atoms with Crippen molar-refractivity contribution in [2.45, 2.75) is 17.9 Å². The normalized spacial score (nSPS) is 14.0. The van der Waals surface area contributed by atoms with Gasteiger partial charge in [-0.3, -0.25) is 10.0 Å². The van der Waals surface area contributed by atoms with Crippen molar-refractivity contribution in [2.75, 3.05) is 6.54 Å². The number of benzene rings is 1. The van der Waals surface area contributed by atoms with E-state index in [1.807, 2.05) is 0 Å². The minimum absolute atomic E-state index is 0.0581. The molecule has 1 aromatic carbocycles. The number of rotatable bonds is 9. The van der Waals surface area contributed by atoms with Gasteiger partial charge in [0.05, 0.1) is 12.7 Å². The second kappa shape index (κ2) is 11.9. The summed E-state index contributed by atoms with van der Waals surface area (Å²) in [6, 6.07) is 4.21. The molecule has 0 radical (unpaired) electrons. The highest BCUT2D eigenvalue weighted by atomic mass is 19.3. The summed E-state index contributed by atoms with van der Waals surface area (Å²) in [5.41, 5.74) is -5.05. The Bertz CT molecular complexity index is 1190. The van der Waals surface area contributed by atoms with Gasteiger partial charge in [-0.2, -0.15) is 13.9 Å². The SMILES string of the molecule is C=CN=C(/C=C\CC#Cc1ccc(F)cn1)C(F)(F)C(O)(CN(N)/C=N\N)c1ccc(F)cc1F.